The predicted molar refractivity (Wildman–Crippen MR) is 63.3 cm³/mol. The molecule has 0 amide bonds. The summed E-state index contributed by atoms with van der Waals surface area (Å²) >= 11 is 1.39. The van der Waals surface area contributed by atoms with Crippen LogP contribution in [0.5, 0.6) is 0 Å². The molecule has 1 rings (SSSR count). The van der Waals surface area contributed by atoms with E-state index in [-0.39, 0.29) is 0 Å². The lowest BCUT2D eigenvalue weighted by atomic mass is 10.1. The van der Waals surface area contributed by atoms with E-state index in [1.165, 1.54) is 11.5 Å². The van der Waals surface area contributed by atoms with Crippen molar-refractivity contribution >= 4 is 16.7 Å². The van der Waals surface area contributed by atoms with Gasteiger partial charge >= 0.3 is 0 Å². The maximum atomic E-state index is 5.59. The van der Waals surface area contributed by atoms with Crippen molar-refractivity contribution in [1.82, 2.24) is 9.36 Å². The number of nitrogens with one attached hydrogen (secondary N) is 1. The van der Waals surface area contributed by atoms with Crippen molar-refractivity contribution in [3.05, 3.63) is 5.82 Å². The third-order valence-corrected chi connectivity index (χ3v) is 2.67. The topological polar surface area (TPSA) is 47.0 Å². The Hall–Kier alpha value is -0.680. The van der Waals surface area contributed by atoms with Crippen LogP contribution in [-0.4, -0.2) is 22.5 Å². The van der Waals surface area contributed by atoms with Crippen LogP contribution in [0.3, 0.4) is 0 Å². The van der Waals surface area contributed by atoms with Gasteiger partial charge in [-0.25, -0.2) is 4.98 Å². The van der Waals surface area contributed by atoms with Crippen LogP contribution in [0, 0.1) is 0 Å². The van der Waals surface area contributed by atoms with Crippen LogP contribution in [0.25, 0.3) is 0 Å². The average molecular weight is 229 g/mol. The quantitative estimate of drug-likeness (QED) is 0.814. The highest BCUT2D eigenvalue weighted by Crippen LogP contribution is 2.24. The average Bonchev–Trinajstić information content (AvgIpc) is 2.63. The number of ether oxygens (including phenoxy) is 1. The Labute approximate surface area is 95.2 Å². The van der Waals surface area contributed by atoms with Gasteiger partial charge < -0.3 is 10.1 Å². The highest BCUT2D eigenvalue weighted by Gasteiger charge is 2.25. The van der Waals surface area contributed by atoms with Crippen LogP contribution in [0.2, 0.25) is 0 Å². The molecule has 1 aromatic heterocycles. The van der Waals surface area contributed by atoms with Crippen LogP contribution >= 0.6 is 11.5 Å². The van der Waals surface area contributed by atoms with Gasteiger partial charge in [-0.3, -0.25) is 0 Å². The molecule has 4 nitrogen and oxygen atoms in total. The molecule has 5 heteroatoms. The van der Waals surface area contributed by atoms with E-state index < -0.39 is 5.60 Å². The van der Waals surface area contributed by atoms with Gasteiger partial charge in [-0.2, -0.15) is 4.37 Å². The molecule has 0 radical (unpaired) electrons. The van der Waals surface area contributed by atoms with Gasteiger partial charge in [-0.1, -0.05) is 6.92 Å². The third kappa shape index (κ3) is 3.43. The van der Waals surface area contributed by atoms with Gasteiger partial charge in [0.1, 0.15) is 5.60 Å². The molecule has 0 saturated heterocycles. The molecular formula is C10H19N3OS. The number of anilines is 1. The summed E-state index contributed by atoms with van der Waals surface area (Å²) in [7, 11) is 0. The molecule has 86 valence electrons. The summed E-state index contributed by atoms with van der Waals surface area (Å²) < 4.78 is 9.89. The molecule has 1 aromatic rings. The van der Waals surface area contributed by atoms with Crippen LogP contribution in [0.15, 0.2) is 0 Å². The summed E-state index contributed by atoms with van der Waals surface area (Å²) in [4.78, 5) is 4.41. The molecule has 0 spiro atoms. The standard InChI is InChI=1S/C10H19N3OS/c1-5-7-11-9-12-8(13-15-9)10(3,4)14-6-2/h5-7H2,1-4H3,(H,11,12,13). The molecule has 1 heterocycles. The zero-order chi connectivity index (χ0) is 11.3. The fourth-order valence-electron chi connectivity index (χ4n) is 1.20. The lowest BCUT2D eigenvalue weighted by Crippen LogP contribution is -2.23. The van der Waals surface area contributed by atoms with Crippen molar-refractivity contribution in [3.8, 4) is 0 Å². The van der Waals surface area contributed by atoms with Gasteiger partial charge in [0.2, 0.25) is 5.13 Å². The zero-order valence-corrected chi connectivity index (χ0v) is 10.6. The normalized spacial score (nSPS) is 11.7. The molecule has 0 aliphatic carbocycles. The van der Waals surface area contributed by atoms with E-state index in [9.17, 15) is 0 Å². The summed E-state index contributed by atoms with van der Waals surface area (Å²) in [6.07, 6.45) is 1.09. The monoisotopic (exact) mass is 229 g/mol. The number of aromatic nitrogens is 2. The first-order chi connectivity index (χ1) is 7.10. The Balaban J connectivity index is 2.66. The fourth-order valence-corrected chi connectivity index (χ4v) is 1.92. The molecular weight excluding hydrogens is 210 g/mol. The zero-order valence-electron chi connectivity index (χ0n) is 9.83. The molecule has 0 unspecified atom stereocenters. The molecule has 0 atom stereocenters. The minimum absolute atomic E-state index is 0.391. The Morgan fingerprint density at radius 2 is 2.13 bits per heavy atom. The lowest BCUT2D eigenvalue weighted by molar-refractivity contribution is -0.0198. The summed E-state index contributed by atoms with van der Waals surface area (Å²) in [6, 6.07) is 0. The lowest BCUT2D eigenvalue weighted by Gasteiger charge is -2.20. The number of rotatable bonds is 6. The van der Waals surface area contributed by atoms with Gasteiger partial charge in [0.15, 0.2) is 5.82 Å². The van der Waals surface area contributed by atoms with Gasteiger partial charge in [0.05, 0.1) is 0 Å². The SMILES string of the molecule is CCCNc1nc(C(C)(C)OCC)ns1. The van der Waals surface area contributed by atoms with Crippen molar-refractivity contribution in [2.45, 2.75) is 39.7 Å². The number of hydrogen-bond donors (Lipinski definition) is 1. The summed E-state index contributed by atoms with van der Waals surface area (Å²) in [6.45, 7) is 9.68. The molecule has 0 aromatic carbocycles. The minimum atomic E-state index is -0.391. The predicted octanol–water partition coefficient (Wildman–Crippen LogP) is 2.63. The van der Waals surface area contributed by atoms with Gasteiger partial charge in [-0.15, -0.1) is 0 Å². The number of nitrogens with zero attached hydrogens (tertiary/aromatic N) is 2. The van der Waals surface area contributed by atoms with Crippen LogP contribution in [0.4, 0.5) is 5.13 Å². The Kier molecular flexibility index (Phi) is 4.47. The first kappa shape index (κ1) is 12.4. The second-order valence-corrected chi connectivity index (χ2v) is 4.55. The largest absolute Gasteiger partial charge is 0.368 e. The fraction of sp³-hybridized carbons (Fsp3) is 0.800. The van der Waals surface area contributed by atoms with E-state index in [1.807, 2.05) is 20.8 Å². The highest BCUT2D eigenvalue weighted by molar-refractivity contribution is 7.09. The van der Waals surface area contributed by atoms with Gasteiger partial charge in [0, 0.05) is 24.7 Å². The van der Waals surface area contributed by atoms with E-state index in [2.05, 4.69) is 21.6 Å². The van der Waals surface area contributed by atoms with Crippen LogP contribution in [-0.2, 0) is 10.3 Å². The summed E-state index contributed by atoms with van der Waals surface area (Å²) in [5.41, 5.74) is -0.391. The van der Waals surface area contributed by atoms with E-state index in [1.54, 1.807) is 0 Å². The van der Waals surface area contributed by atoms with Crippen molar-refractivity contribution in [2.24, 2.45) is 0 Å². The molecule has 15 heavy (non-hydrogen) atoms. The number of hydrogen-bond acceptors (Lipinski definition) is 5. The molecule has 0 saturated carbocycles. The van der Waals surface area contributed by atoms with E-state index in [0.29, 0.717) is 6.61 Å². The maximum absolute atomic E-state index is 5.59. The van der Waals surface area contributed by atoms with Crippen LogP contribution in [0.1, 0.15) is 39.9 Å². The smallest absolute Gasteiger partial charge is 0.202 e. The summed E-state index contributed by atoms with van der Waals surface area (Å²) in [5.74, 6) is 0.757. The second kappa shape index (κ2) is 5.42. The molecule has 0 bridgehead atoms. The van der Waals surface area contributed by atoms with Crippen molar-refractivity contribution in [1.29, 1.82) is 0 Å². The molecule has 1 N–H and O–H groups in total. The minimum Gasteiger partial charge on any atom is -0.368 e. The Bertz CT molecular complexity index is 299. The molecule has 0 aliphatic rings. The Morgan fingerprint density at radius 3 is 2.73 bits per heavy atom. The van der Waals surface area contributed by atoms with E-state index in [0.717, 1.165) is 23.9 Å². The first-order valence-corrected chi connectivity index (χ1v) is 6.09. The summed E-state index contributed by atoms with van der Waals surface area (Å²) in [5, 5.41) is 4.09. The van der Waals surface area contributed by atoms with Crippen molar-refractivity contribution in [2.75, 3.05) is 18.5 Å². The maximum Gasteiger partial charge on any atom is 0.202 e. The van der Waals surface area contributed by atoms with Crippen molar-refractivity contribution in [3.63, 3.8) is 0 Å². The second-order valence-electron chi connectivity index (χ2n) is 3.79. The Morgan fingerprint density at radius 1 is 1.40 bits per heavy atom. The molecule has 0 aliphatic heterocycles. The highest BCUT2D eigenvalue weighted by atomic mass is 32.1. The van der Waals surface area contributed by atoms with Gasteiger partial charge in [0.25, 0.3) is 0 Å². The third-order valence-electron chi connectivity index (χ3n) is 2.00. The van der Waals surface area contributed by atoms with E-state index >= 15 is 0 Å². The van der Waals surface area contributed by atoms with Gasteiger partial charge in [-0.05, 0) is 27.2 Å². The first-order valence-electron chi connectivity index (χ1n) is 5.32. The molecule has 0 fully saturated rings. The van der Waals surface area contributed by atoms with Crippen molar-refractivity contribution < 1.29 is 4.74 Å². The van der Waals surface area contributed by atoms with Crippen LogP contribution < -0.4 is 5.32 Å². The van der Waals surface area contributed by atoms with E-state index in [4.69, 9.17) is 4.74 Å².